The summed E-state index contributed by atoms with van der Waals surface area (Å²) in [6.07, 6.45) is 1.38. The number of carbonyl (C=O) groups excluding carboxylic acids is 1. The molecule has 0 radical (unpaired) electrons. The highest BCUT2D eigenvalue weighted by Crippen LogP contribution is 2.17. The minimum atomic E-state index is -1.68. The molecule has 0 spiro atoms. The van der Waals surface area contributed by atoms with Gasteiger partial charge in [0.2, 0.25) is 0 Å². The van der Waals surface area contributed by atoms with Gasteiger partial charge in [0, 0.05) is 13.1 Å². The first kappa shape index (κ1) is 17.7. The number of anilines is 2. The van der Waals surface area contributed by atoms with Crippen molar-refractivity contribution < 1.29 is 18.0 Å². The molecule has 1 amide bonds. The van der Waals surface area contributed by atoms with Crippen molar-refractivity contribution in [3.63, 3.8) is 0 Å². The number of nitrogens with zero attached hydrogens (tertiary/aromatic N) is 2. The first-order valence-corrected chi connectivity index (χ1v) is 7.18. The van der Waals surface area contributed by atoms with E-state index in [1.54, 1.807) is 12.1 Å². The molecule has 2 rings (SSSR count). The molecule has 0 atom stereocenters. The quantitative estimate of drug-likeness (QED) is 0.795. The van der Waals surface area contributed by atoms with Gasteiger partial charge in [-0.15, -0.1) is 0 Å². The molecule has 5 nitrogen and oxygen atoms in total. The summed E-state index contributed by atoms with van der Waals surface area (Å²) in [5.41, 5.74) is -0.274. The molecule has 1 aromatic heterocycles. The van der Waals surface area contributed by atoms with Gasteiger partial charge in [0.25, 0.3) is 5.91 Å². The second kappa shape index (κ2) is 7.78. The van der Waals surface area contributed by atoms with Gasteiger partial charge in [0.1, 0.15) is 5.82 Å². The van der Waals surface area contributed by atoms with E-state index >= 15 is 0 Å². The Balaban J connectivity index is 2.01. The number of hydrogen-bond donors (Lipinski definition) is 2. The molecule has 2 aromatic rings. The average molecular weight is 338 g/mol. The monoisotopic (exact) mass is 338 g/mol. The number of nitrogens with one attached hydrogen (secondary N) is 2. The minimum absolute atomic E-state index is 0.308. The predicted octanol–water partition coefficient (Wildman–Crippen LogP) is 2.72. The number of rotatable bonds is 6. The molecule has 1 aromatic carbocycles. The number of amides is 1. The Labute approximate surface area is 137 Å². The van der Waals surface area contributed by atoms with Gasteiger partial charge in [-0.05, 0) is 38.4 Å². The fourth-order valence-corrected chi connectivity index (χ4v) is 1.88. The van der Waals surface area contributed by atoms with Crippen molar-refractivity contribution in [3.05, 3.63) is 53.5 Å². The van der Waals surface area contributed by atoms with Crippen LogP contribution in [0, 0.1) is 17.5 Å². The topological polar surface area (TPSA) is 57.3 Å². The van der Waals surface area contributed by atoms with E-state index in [9.17, 15) is 18.0 Å². The molecule has 0 fully saturated rings. The Bertz CT molecular complexity index is 720. The Hall–Kier alpha value is -2.61. The predicted molar refractivity (Wildman–Crippen MR) is 85.5 cm³/mol. The smallest absolute Gasteiger partial charge is 0.258 e. The molecule has 8 heteroatoms. The van der Waals surface area contributed by atoms with Crippen LogP contribution >= 0.6 is 0 Å². The Morgan fingerprint density at radius 3 is 2.50 bits per heavy atom. The SMILES string of the molecule is CN(C)CCNc1ccc(NC(=O)c2ccc(F)c(F)c2F)cn1. The maximum absolute atomic E-state index is 13.6. The van der Waals surface area contributed by atoms with Crippen LogP contribution in [0.3, 0.4) is 0 Å². The summed E-state index contributed by atoms with van der Waals surface area (Å²) in [4.78, 5) is 18.1. The normalized spacial score (nSPS) is 10.8. The summed E-state index contributed by atoms with van der Waals surface area (Å²) in [6.45, 7) is 1.53. The maximum atomic E-state index is 13.6. The van der Waals surface area contributed by atoms with Crippen LogP contribution in [0.4, 0.5) is 24.7 Å². The van der Waals surface area contributed by atoms with Crippen LogP contribution in [0.15, 0.2) is 30.5 Å². The van der Waals surface area contributed by atoms with Crippen LogP contribution in [0.25, 0.3) is 0 Å². The number of hydrogen-bond acceptors (Lipinski definition) is 4. The first-order chi connectivity index (χ1) is 11.4. The molecule has 0 bridgehead atoms. The fraction of sp³-hybridized carbons (Fsp3) is 0.250. The van der Waals surface area contributed by atoms with E-state index < -0.39 is 28.9 Å². The summed E-state index contributed by atoms with van der Waals surface area (Å²) in [6, 6.07) is 4.80. The lowest BCUT2D eigenvalue weighted by atomic mass is 10.2. The van der Waals surface area contributed by atoms with Gasteiger partial charge >= 0.3 is 0 Å². The lowest BCUT2D eigenvalue weighted by molar-refractivity contribution is 0.102. The highest BCUT2D eigenvalue weighted by atomic mass is 19.2. The van der Waals surface area contributed by atoms with Gasteiger partial charge in [0.15, 0.2) is 17.5 Å². The lowest BCUT2D eigenvalue weighted by Gasteiger charge is -2.11. The molecule has 0 aliphatic carbocycles. The number of aromatic nitrogens is 1. The third-order valence-corrected chi connectivity index (χ3v) is 3.17. The zero-order chi connectivity index (χ0) is 17.7. The maximum Gasteiger partial charge on any atom is 0.258 e. The van der Waals surface area contributed by atoms with Crippen molar-refractivity contribution >= 4 is 17.4 Å². The molecule has 0 aliphatic rings. The molecule has 128 valence electrons. The third kappa shape index (κ3) is 4.45. The molecule has 0 aliphatic heterocycles. The highest BCUT2D eigenvalue weighted by Gasteiger charge is 2.18. The zero-order valence-corrected chi connectivity index (χ0v) is 13.2. The molecular weight excluding hydrogens is 321 g/mol. The number of benzene rings is 1. The van der Waals surface area contributed by atoms with Crippen molar-refractivity contribution in [1.29, 1.82) is 0 Å². The molecular formula is C16H17F3N4O. The van der Waals surface area contributed by atoms with Crippen molar-refractivity contribution in [2.75, 3.05) is 37.8 Å². The Morgan fingerprint density at radius 2 is 1.88 bits per heavy atom. The summed E-state index contributed by atoms with van der Waals surface area (Å²) in [7, 11) is 3.90. The van der Waals surface area contributed by atoms with Crippen LogP contribution in [-0.2, 0) is 0 Å². The standard InChI is InChI=1S/C16H17F3N4O/c1-23(2)8-7-20-13-6-3-10(9-21-13)22-16(24)11-4-5-12(17)15(19)14(11)18/h3-6,9H,7-8H2,1-2H3,(H,20,21)(H,22,24). The van der Waals surface area contributed by atoms with Gasteiger partial charge < -0.3 is 15.5 Å². The van der Waals surface area contributed by atoms with Crippen molar-refractivity contribution in [1.82, 2.24) is 9.88 Å². The summed E-state index contributed by atoms with van der Waals surface area (Å²) in [5.74, 6) is -4.82. The van der Waals surface area contributed by atoms with E-state index in [1.807, 2.05) is 19.0 Å². The Morgan fingerprint density at radius 1 is 1.12 bits per heavy atom. The van der Waals surface area contributed by atoms with Crippen LogP contribution < -0.4 is 10.6 Å². The van der Waals surface area contributed by atoms with E-state index in [1.165, 1.54) is 6.20 Å². The molecule has 1 heterocycles. The van der Waals surface area contributed by atoms with Gasteiger partial charge in [-0.3, -0.25) is 4.79 Å². The highest BCUT2D eigenvalue weighted by molar-refractivity contribution is 6.04. The molecule has 0 saturated heterocycles. The molecule has 0 unspecified atom stereocenters. The summed E-state index contributed by atoms with van der Waals surface area (Å²) in [5, 5.41) is 5.47. The largest absolute Gasteiger partial charge is 0.369 e. The van der Waals surface area contributed by atoms with Crippen molar-refractivity contribution in [2.45, 2.75) is 0 Å². The zero-order valence-electron chi connectivity index (χ0n) is 13.2. The molecule has 24 heavy (non-hydrogen) atoms. The average Bonchev–Trinajstić information content (AvgIpc) is 2.54. The van der Waals surface area contributed by atoms with Crippen LogP contribution in [0.2, 0.25) is 0 Å². The van der Waals surface area contributed by atoms with Gasteiger partial charge in [-0.1, -0.05) is 0 Å². The lowest BCUT2D eigenvalue weighted by Crippen LogP contribution is -2.21. The van der Waals surface area contributed by atoms with E-state index in [-0.39, 0.29) is 0 Å². The first-order valence-electron chi connectivity index (χ1n) is 7.18. The van der Waals surface area contributed by atoms with Crippen LogP contribution in [0.5, 0.6) is 0 Å². The van der Waals surface area contributed by atoms with Crippen LogP contribution in [0.1, 0.15) is 10.4 Å². The van der Waals surface area contributed by atoms with E-state index in [0.717, 1.165) is 12.6 Å². The summed E-state index contributed by atoms with van der Waals surface area (Å²) < 4.78 is 39.6. The second-order valence-electron chi connectivity index (χ2n) is 5.34. The van der Waals surface area contributed by atoms with E-state index in [4.69, 9.17) is 0 Å². The van der Waals surface area contributed by atoms with E-state index in [2.05, 4.69) is 15.6 Å². The fourth-order valence-electron chi connectivity index (χ4n) is 1.88. The van der Waals surface area contributed by atoms with E-state index in [0.29, 0.717) is 24.1 Å². The van der Waals surface area contributed by atoms with Crippen molar-refractivity contribution in [3.8, 4) is 0 Å². The Kier molecular flexibility index (Phi) is 5.75. The van der Waals surface area contributed by atoms with Crippen molar-refractivity contribution in [2.24, 2.45) is 0 Å². The molecule has 2 N–H and O–H groups in total. The van der Waals surface area contributed by atoms with Gasteiger partial charge in [-0.2, -0.15) is 0 Å². The van der Waals surface area contributed by atoms with Crippen LogP contribution in [-0.4, -0.2) is 43.0 Å². The van der Waals surface area contributed by atoms with Gasteiger partial charge in [0.05, 0.1) is 17.4 Å². The molecule has 0 saturated carbocycles. The second-order valence-corrected chi connectivity index (χ2v) is 5.34. The number of pyridine rings is 1. The third-order valence-electron chi connectivity index (χ3n) is 3.17. The van der Waals surface area contributed by atoms with Gasteiger partial charge in [-0.25, -0.2) is 18.2 Å². The minimum Gasteiger partial charge on any atom is -0.369 e. The summed E-state index contributed by atoms with van der Waals surface area (Å²) >= 11 is 0. The number of halogens is 3. The number of carbonyl (C=O) groups is 1. The number of likely N-dealkylation sites (N-methyl/N-ethyl adjacent to an activating group) is 1.